The van der Waals surface area contributed by atoms with Gasteiger partial charge in [-0.15, -0.1) is 0 Å². The van der Waals surface area contributed by atoms with Crippen molar-refractivity contribution in [3.05, 3.63) is 58.4 Å². The van der Waals surface area contributed by atoms with Crippen molar-refractivity contribution >= 4 is 38.9 Å². The number of hydrogen-bond acceptors (Lipinski definition) is 3. The Hall–Kier alpha value is -2.12. The first-order chi connectivity index (χ1) is 11.6. The second-order valence-electron chi connectivity index (χ2n) is 5.79. The van der Waals surface area contributed by atoms with E-state index in [4.69, 9.17) is 11.6 Å². The standard InChI is InChI=1S/C17H18ClFN2O3S/c1-11-6-12(2)8-13(7-11)20-17(22)10-21(25(3,23)24)14-4-5-16(19)15(18)9-14/h4-9H,10H2,1-3H3,(H,20,22). The zero-order valence-corrected chi connectivity index (χ0v) is 15.6. The average Bonchev–Trinajstić information content (AvgIpc) is 2.45. The molecule has 8 heteroatoms. The molecule has 134 valence electrons. The highest BCUT2D eigenvalue weighted by Crippen LogP contribution is 2.24. The number of anilines is 2. The molecule has 0 aliphatic heterocycles. The molecule has 1 N–H and O–H groups in total. The van der Waals surface area contributed by atoms with Crippen molar-refractivity contribution in [3.8, 4) is 0 Å². The van der Waals surface area contributed by atoms with Gasteiger partial charge in [0.15, 0.2) is 0 Å². The number of aryl methyl sites for hydroxylation is 2. The third-order valence-corrected chi connectivity index (χ3v) is 4.81. The number of rotatable bonds is 5. The predicted octanol–water partition coefficient (Wildman–Crippen LogP) is 3.50. The Balaban J connectivity index is 2.25. The number of carbonyl (C=O) groups excluding carboxylic acids is 1. The topological polar surface area (TPSA) is 66.5 Å². The molecule has 5 nitrogen and oxygen atoms in total. The van der Waals surface area contributed by atoms with E-state index in [1.54, 1.807) is 12.1 Å². The Labute approximate surface area is 151 Å². The number of nitrogens with one attached hydrogen (secondary N) is 1. The van der Waals surface area contributed by atoms with Crippen LogP contribution in [0.5, 0.6) is 0 Å². The van der Waals surface area contributed by atoms with Crippen LogP contribution in [0.25, 0.3) is 0 Å². The molecule has 0 heterocycles. The number of hydrogen-bond donors (Lipinski definition) is 1. The summed E-state index contributed by atoms with van der Waals surface area (Å²) in [5.74, 6) is -1.19. The van der Waals surface area contributed by atoms with Crippen molar-refractivity contribution in [2.24, 2.45) is 0 Å². The summed E-state index contributed by atoms with van der Waals surface area (Å²) >= 11 is 5.71. The summed E-state index contributed by atoms with van der Waals surface area (Å²) in [4.78, 5) is 12.3. The largest absolute Gasteiger partial charge is 0.324 e. The zero-order chi connectivity index (χ0) is 18.8. The van der Waals surface area contributed by atoms with Crippen LogP contribution in [0.1, 0.15) is 11.1 Å². The van der Waals surface area contributed by atoms with Crippen LogP contribution in [-0.4, -0.2) is 27.1 Å². The lowest BCUT2D eigenvalue weighted by atomic mass is 10.1. The monoisotopic (exact) mass is 384 g/mol. The van der Waals surface area contributed by atoms with E-state index in [1.807, 2.05) is 19.9 Å². The highest BCUT2D eigenvalue weighted by Gasteiger charge is 2.22. The van der Waals surface area contributed by atoms with Gasteiger partial charge in [-0.25, -0.2) is 12.8 Å². The first kappa shape index (κ1) is 19.2. The molecule has 0 saturated heterocycles. The quantitative estimate of drug-likeness (QED) is 0.857. The van der Waals surface area contributed by atoms with Crippen LogP contribution in [0.15, 0.2) is 36.4 Å². The van der Waals surface area contributed by atoms with E-state index in [-0.39, 0.29) is 10.7 Å². The average molecular weight is 385 g/mol. The molecular weight excluding hydrogens is 367 g/mol. The molecule has 0 fully saturated rings. The van der Waals surface area contributed by atoms with Crippen molar-refractivity contribution in [1.82, 2.24) is 0 Å². The Morgan fingerprint density at radius 3 is 2.28 bits per heavy atom. The van der Waals surface area contributed by atoms with Crippen LogP contribution < -0.4 is 9.62 Å². The van der Waals surface area contributed by atoms with E-state index < -0.39 is 28.3 Å². The van der Waals surface area contributed by atoms with Crippen LogP contribution in [0.4, 0.5) is 15.8 Å². The lowest BCUT2D eigenvalue weighted by Crippen LogP contribution is -2.37. The summed E-state index contributed by atoms with van der Waals surface area (Å²) in [5, 5.41) is 2.45. The second-order valence-corrected chi connectivity index (χ2v) is 8.11. The highest BCUT2D eigenvalue weighted by molar-refractivity contribution is 7.92. The molecule has 2 aromatic rings. The van der Waals surface area contributed by atoms with E-state index in [0.717, 1.165) is 27.8 Å². The maximum Gasteiger partial charge on any atom is 0.245 e. The minimum Gasteiger partial charge on any atom is -0.324 e. The van der Waals surface area contributed by atoms with Gasteiger partial charge in [0, 0.05) is 5.69 Å². The summed E-state index contributed by atoms with van der Waals surface area (Å²) in [6.07, 6.45) is 0.967. The van der Waals surface area contributed by atoms with Gasteiger partial charge in [0.1, 0.15) is 12.4 Å². The molecule has 0 radical (unpaired) electrons. The lowest BCUT2D eigenvalue weighted by molar-refractivity contribution is -0.114. The molecule has 2 aromatic carbocycles. The van der Waals surface area contributed by atoms with Crippen molar-refractivity contribution in [1.29, 1.82) is 0 Å². The number of amides is 1. The first-order valence-electron chi connectivity index (χ1n) is 7.37. The first-order valence-corrected chi connectivity index (χ1v) is 9.60. The van der Waals surface area contributed by atoms with Crippen molar-refractivity contribution < 1.29 is 17.6 Å². The number of halogens is 2. The molecule has 0 unspecified atom stereocenters. The molecule has 0 aromatic heterocycles. The van der Waals surface area contributed by atoms with Crippen LogP contribution in [0.3, 0.4) is 0 Å². The number of benzene rings is 2. The predicted molar refractivity (Wildman–Crippen MR) is 98.1 cm³/mol. The van der Waals surface area contributed by atoms with Crippen LogP contribution in [-0.2, 0) is 14.8 Å². The van der Waals surface area contributed by atoms with Gasteiger partial charge >= 0.3 is 0 Å². The third-order valence-electron chi connectivity index (χ3n) is 3.38. The number of carbonyl (C=O) groups is 1. The molecule has 0 saturated carbocycles. The van der Waals surface area contributed by atoms with Crippen molar-refractivity contribution in [2.45, 2.75) is 13.8 Å². The molecular formula is C17H18ClFN2O3S. The molecule has 0 spiro atoms. The Morgan fingerprint density at radius 2 is 1.76 bits per heavy atom. The Kier molecular flexibility index (Phi) is 5.69. The van der Waals surface area contributed by atoms with E-state index in [0.29, 0.717) is 5.69 Å². The van der Waals surface area contributed by atoms with E-state index in [2.05, 4.69) is 5.32 Å². The molecule has 25 heavy (non-hydrogen) atoms. The van der Waals surface area contributed by atoms with Gasteiger partial charge in [-0.3, -0.25) is 9.10 Å². The molecule has 1 amide bonds. The van der Waals surface area contributed by atoms with Gasteiger partial charge in [0.05, 0.1) is 17.0 Å². The maximum atomic E-state index is 13.3. The van der Waals surface area contributed by atoms with Crippen LogP contribution >= 0.6 is 11.6 Å². The number of nitrogens with zero attached hydrogens (tertiary/aromatic N) is 1. The minimum atomic E-state index is -3.76. The SMILES string of the molecule is Cc1cc(C)cc(NC(=O)CN(c2ccc(F)c(Cl)c2)S(C)(=O)=O)c1. The lowest BCUT2D eigenvalue weighted by Gasteiger charge is -2.22. The highest BCUT2D eigenvalue weighted by atomic mass is 35.5. The third kappa shape index (κ3) is 5.17. The fourth-order valence-electron chi connectivity index (χ4n) is 2.42. The molecule has 0 atom stereocenters. The van der Waals surface area contributed by atoms with Gasteiger partial charge in [-0.05, 0) is 55.3 Å². The van der Waals surface area contributed by atoms with Gasteiger partial charge in [0.2, 0.25) is 15.9 Å². The molecule has 0 bridgehead atoms. The second kappa shape index (κ2) is 7.41. The van der Waals surface area contributed by atoms with Crippen molar-refractivity contribution in [2.75, 3.05) is 22.4 Å². The van der Waals surface area contributed by atoms with Gasteiger partial charge in [-0.1, -0.05) is 17.7 Å². The summed E-state index contributed by atoms with van der Waals surface area (Å²) < 4.78 is 38.2. The van der Waals surface area contributed by atoms with E-state index >= 15 is 0 Å². The minimum absolute atomic E-state index is 0.115. The molecule has 0 aliphatic rings. The summed E-state index contributed by atoms with van der Waals surface area (Å²) in [6.45, 7) is 3.34. The Morgan fingerprint density at radius 1 is 1.16 bits per heavy atom. The fourth-order valence-corrected chi connectivity index (χ4v) is 3.44. The zero-order valence-electron chi connectivity index (χ0n) is 14.0. The maximum absolute atomic E-state index is 13.3. The Bertz CT molecular complexity index is 896. The molecule has 0 aliphatic carbocycles. The smallest absolute Gasteiger partial charge is 0.245 e. The van der Waals surface area contributed by atoms with Gasteiger partial charge < -0.3 is 5.32 Å². The van der Waals surface area contributed by atoms with E-state index in [1.165, 1.54) is 12.1 Å². The normalized spacial score (nSPS) is 11.2. The van der Waals surface area contributed by atoms with Crippen LogP contribution in [0, 0.1) is 19.7 Å². The van der Waals surface area contributed by atoms with Crippen LogP contribution in [0.2, 0.25) is 5.02 Å². The van der Waals surface area contributed by atoms with Gasteiger partial charge in [0.25, 0.3) is 0 Å². The summed E-state index contributed by atoms with van der Waals surface area (Å²) in [6, 6.07) is 9.00. The van der Waals surface area contributed by atoms with Gasteiger partial charge in [-0.2, -0.15) is 0 Å². The summed E-state index contributed by atoms with van der Waals surface area (Å²) in [7, 11) is -3.76. The number of sulfonamides is 1. The van der Waals surface area contributed by atoms with Crippen molar-refractivity contribution in [3.63, 3.8) is 0 Å². The molecule has 2 rings (SSSR count). The van der Waals surface area contributed by atoms with E-state index in [9.17, 15) is 17.6 Å². The fraction of sp³-hybridized carbons (Fsp3) is 0.235. The summed E-state index contributed by atoms with van der Waals surface area (Å²) in [5.41, 5.74) is 2.64.